The molecule has 4 N–H and O–H groups in total. The Labute approximate surface area is 98.9 Å². The van der Waals surface area contributed by atoms with E-state index in [4.69, 9.17) is 10.5 Å². The van der Waals surface area contributed by atoms with Crippen LogP contribution in [0.3, 0.4) is 0 Å². The number of ether oxygens (including phenoxy) is 1. The van der Waals surface area contributed by atoms with Crippen LogP contribution >= 0.6 is 0 Å². The van der Waals surface area contributed by atoms with Crippen molar-refractivity contribution >= 4 is 11.6 Å². The molecular formula is C10H16N4O3. The minimum Gasteiger partial charge on any atom is -0.400 e. The Morgan fingerprint density at radius 1 is 1.76 bits per heavy atom. The van der Waals surface area contributed by atoms with Crippen molar-refractivity contribution in [2.24, 2.45) is 10.7 Å². The SMILES string of the molecule is CNC(=O)CN=C1COC(O)N2CCC(N)=C12. The highest BCUT2D eigenvalue weighted by atomic mass is 16.6. The van der Waals surface area contributed by atoms with Gasteiger partial charge in [0, 0.05) is 25.7 Å². The van der Waals surface area contributed by atoms with Gasteiger partial charge in [0.15, 0.2) is 0 Å². The van der Waals surface area contributed by atoms with E-state index in [9.17, 15) is 9.90 Å². The van der Waals surface area contributed by atoms with E-state index in [0.717, 1.165) is 0 Å². The van der Waals surface area contributed by atoms with E-state index in [1.165, 1.54) is 0 Å². The third kappa shape index (κ3) is 2.25. The number of hydrogen-bond donors (Lipinski definition) is 3. The van der Waals surface area contributed by atoms with E-state index < -0.39 is 6.41 Å². The number of amides is 1. The van der Waals surface area contributed by atoms with E-state index in [2.05, 4.69) is 10.3 Å². The number of carbonyl (C=O) groups excluding carboxylic acids is 1. The standard InChI is InChI=1S/C10H16N4O3/c1-12-8(15)4-13-7-5-17-10(16)14-3-2-6(11)9(7)14/h10,16H,2-5,11H2,1H3,(H,12,15). The van der Waals surface area contributed by atoms with Crippen LogP contribution in [-0.4, -0.2) is 54.8 Å². The van der Waals surface area contributed by atoms with Crippen molar-refractivity contribution < 1.29 is 14.6 Å². The Hall–Kier alpha value is -1.60. The van der Waals surface area contributed by atoms with Crippen LogP contribution in [0.4, 0.5) is 0 Å². The Balaban J connectivity index is 2.18. The molecule has 1 saturated heterocycles. The monoisotopic (exact) mass is 240 g/mol. The summed E-state index contributed by atoms with van der Waals surface area (Å²) in [6, 6.07) is 0. The first-order valence-corrected chi connectivity index (χ1v) is 5.42. The first-order chi connectivity index (χ1) is 8.13. The fourth-order valence-corrected chi connectivity index (χ4v) is 1.91. The zero-order chi connectivity index (χ0) is 12.4. The number of aliphatic hydroxyl groups excluding tert-OH is 1. The van der Waals surface area contributed by atoms with E-state index in [0.29, 0.717) is 30.1 Å². The fourth-order valence-electron chi connectivity index (χ4n) is 1.91. The molecule has 2 heterocycles. The minimum absolute atomic E-state index is 0.0376. The van der Waals surface area contributed by atoms with Gasteiger partial charge in [-0.15, -0.1) is 0 Å². The first kappa shape index (κ1) is 11.9. The summed E-state index contributed by atoms with van der Waals surface area (Å²) in [5.74, 6) is -0.174. The molecule has 17 heavy (non-hydrogen) atoms. The topological polar surface area (TPSA) is 100 Å². The molecule has 1 fully saturated rings. The van der Waals surface area contributed by atoms with Crippen molar-refractivity contribution in [3.05, 3.63) is 11.4 Å². The smallest absolute Gasteiger partial charge is 0.241 e. The predicted octanol–water partition coefficient (Wildman–Crippen LogP) is -1.64. The van der Waals surface area contributed by atoms with Gasteiger partial charge in [0.1, 0.15) is 6.54 Å². The maximum atomic E-state index is 11.1. The number of rotatable bonds is 2. The van der Waals surface area contributed by atoms with Crippen LogP contribution in [0.25, 0.3) is 0 Å². The molecule has 2 aliphatic rings. The largest absolute Gasteiger partial charge is 0.400 e. The molecule has 7 heteroatoms. The van der Waals surface area contributed by atoms with Crippen molar-refractivity contribution in [3.8, 4) is 0 Å². The lowest BCUT2D eigenvalue weighted by atomic mass is 10.2. The average Bonchev–Trinajstić information content (AvgIpc) is 2.72. The fraction of sp³-hybridized carbons (Fsp3) is 0.600. The number of aliphatic imine (C=N–C) groups is 1. The lowest BCUT2D eigenvalue weighted by Crippen LogP contribution is -2.44. The summed E-state index contributed by atoms with van der Waals surface area (Å²) in [7, 11) is 1.55. The molecule has 7 nitrogen and oxygen atoms in total. The number of nitrogens with two attached hydrogens (primary N) is 1. The molecule has 0 aromatic rings. The van der Waals surface area contributed by atoms with Crippen LogP contribution in [0.5, 0.6) is 0 Å². The molecular weight excluding hydrogens is 224 g/mol. The predicted molar refractivity (Wildman–Crippen MR) is 60.9 cm³/mol. The summed E-state index contributed by atoms with van der Waals surface area (Å²) >= 11 is 0. The van der Waals surface area contributed by atoms with Gasteiger partial charge in [-0.05, 0) is 0 Å². The second-order valence-electron chi connectivity index (χ2n) is 3.89. The normalized spacial score (nSPS) is 26.4. The van der Waals surface area contributed by atoms with Crippen molar-refractivity contribution in [1.82, 2.24) is 10.2 Å². The van der Waals surface area contributed by atoms with Crippen molar-refractivity contribution in [3.63, 3.8) is 0 Å². The van der Waals surface area contributed by atoms with Gasteiger partial charge in [0.2, 0.25) is 12.3 Å². The molecule has 0 spiro atoms. The lowest BCUT2D eigenvalue weighted by molar-refractivity contribution is -0.175. The van der Waals surface area contributed by atoms with Gasteiger partial charge in [-0.3, -0.25) is 9.79 Å². The lowest BCUT2D eigenvalue weighted by Gasteiger charge is -2.33. The Kier molecular flexibility index (Phi) is 3.30. The van der Waals surface area contributed by atoms with Gasteiger partial charge in [0.25, 0.3) is 0 Å². The van der Waals surface area contributed by atoms with Gasteiger partial charge in [-0.25, -0.2) is 0 Å². The maximum absolute atomic E-state index is 11.1. The van der Waals surface area contributed by atoms with Crippen LogP contribution in [0.1, 0.15) is 6.42 Å². The summed E-state index contributed by atoms with van der Waals surface area (Å²) in [5.41, 5.74) is 7.89. The van der Waals surface area contributed by atoms with Gasteiger partial charge in [0.05, 0.1) is 18.0 Å². The molecule has 0 bridgehead atoms. The van der Waals surface area contributed by atoms with Crippen LogP contribution < -0.4 is 11.1 Å². The molecule has 0 aromatic carbocycles. The first-order valence-electron chi connectivity index (χ1n) is 5.42. The Bertz CT molecular complexity index is 391. The van der Waals surface area contributed by atoms with Crippen LogP contribution in [0, 0.1) is 0 Å². The Morgan fingerprint density at radius 2 is 2.53 bits per heavy atom. The number of aliphatic hydroxyl groups is 1. The van der Waals surface area contributed by atoms with Crippen molar-refractivity contribution in [2.75, 3.05) is 26.7 Å². The molecule has 0 aromatic heterocycles. The number of likely N-dealkylation sites (N-methyl/N-ethyl adjacent to an activating group) is 1. The van der Waals surface area contributed by atoms with Crippen molar-refractivity contribution in [1.29, 1.82) is 0 Å². The summed E-state index contributed by atoms with van der Waals surface area (Å²) in [5, 5.41) is 12.1. The molecule has 0 saturated carbocycles. The number of fused-ring (bicyclic) bond motifs is 1. The third-order valence-corrected chi connectivity index (χ3v) is 2.81. The van der Waals surface area contributed by atoms with Gasteiger partial charge < -0.3 is 25.8 Å². The summed E-state index contributed by atoms with van der Waals surface area (Å²) in [6.07, 6.45) is -0.292. The highest BCUT2D eigenvalue weighted by Gasteiger charge is 2.34. The number of hydrogen-bond acceptors (Lipinski definition) is 6. The quantitative estimate of drug-likeness (QED) is 0.537. The van der Waals surface area contributed by atoms with E-state index in [1.807, 2.05) is 0 Å². The van der Waals surface area contributed by atoms with E-state index in [1.54, 1.807) is 11.9 Å². The zero-order valence-corrected chi connectivity index (χ0v) is 9.64. The third-order valence-electron chi connectivity index (χ3n) is 2.81. The summed E-state index contributed by atoms with van der Waals surface area (Å²) in [6.45, 7) is 0.821. The van der Waals surface area contributed by atoms with E-state index >= 15 is 0 Å². The highest BCUT2D eigenvalue weighted by molar-refractivity contribution is 6.03. The second kappa shape index (κ2) is 4.72. The summed E-state index contributed by atoms with van der Waals surface area (Å²) in [4.78, 5) is 16.9. The van der Waals surface area contributed by atoms with Crippen LogP contribution in [-0.2, 0) is 9.53 Å². The molecule has 94 valence electrons. The van der Waals surface area contributed by atoms with Crippen LogP contribution in [0.2, 0.25) is 0 Å². The maximum Gasteiger partial charge on any atom is 0.241 e. The molecule has 2 aliphatic heterocycles. The van der Waals surface area contributed by atoms with Gasteiger partial charge >= 0.3 is 0 Å². The molecule has 0 aliphatic carbocycles. The highest BCUT2D eigenvalue weighted by Crippen LogP contribution is 2.26. The average molecular weight is 240 g/mol. The number of nitrogens with one attached hydrogen (secondary N) is 1. The summed E-state index contributed by atoms with van der Waals surface area (Å²) < 4.78 is 5.15. The molecule has 1 unspecified atom stereocenters. The Morgan fingerprint density at radius 3 is 3.24 bits per heavy atom. The minimum atomic E-state index is -0.968. The molecule has 1 atom stereocenters. The van der Waals surface area contributed by atoms with Crippen molar-refractivity contribution in [2.45, 2.75) is 12.8 Å². The molecule has 1 amide bonds. The van der Waals surface area contributed by atoms with Gasteiger partial charge in [-0.2, -0.15) is 0 Å². The number of carbonyl (C=O) groups is 1. The van der Waals surface area contributed by atoms with Crippen LogP contribution in [0.15, 0.2) is 16.4 Å². The molecule has 0 radical (unpaired) electrons. The molecule has 2 rings (SSSR count). The van der Waals surface area contributed by atoms with Gasteiger partial charge in [-0.1, -0.05) is 0 Å². The van der Waals surface area contributed by atoms with E-state index in [-0.39, 0.29) is 19.1 Å². The number of nitrogens with zero attached hydrogens (tertiary/aromatic N) is 2. The second-order valence-corrected chi connectivity index (χ2v) is 3.89. The zero-order valence-electron chi connectivity index (χ0n) is 9.64.